The first-order chi connectivity index (χ1) is 7.74. The lowest BCUT2D eigenvalue weighted by atomic mass is 10.2. The maximum Gasteiger partial charge on any atom is 0.221 e. The van der Waals surface area contributed by atoms with E-state index in [2.05, 4.69) is 10.6 Å². The lowest BCUT2D eigenvalue weighted by Gasteiger charge is -2.10. The Morgan fingerprint density at radius 3 is 3.06 bits per heavy atom. The van der Waals surface area contributed by atoms with Gasteiger partial charge in [0, 0.05) is 26.1 Å². The van der Waals surface area contributed by atoms with E-state index < -0.39 is 6.10 Å². The minimum absolute atomic E-state index is 0.0417. The molecule has 0 aliphatic heterocycles. The summed E-state index contributed by atoms with van der Waals surface area (Å²) in [5, 5.41) is 19.4. The number of thiophene rings is 1. The first-order valence-corrected chi connectivity index (χ1v) is 6.36. The van der Waals surface area contributed by atoms with Crippen molar-refractivity contribution < 1.29 is 9.90 Å². The number of amides is 1. The van der Waals surface area contributed by atoms with Crippen LogP contribution in [-0.2, 0) is 4.79 Å². The van der Waals surface area contributed by atoms with Gasteiger partial charge in [-0.1, -0.05) is 0 Å². The van der Waals surface area contributed by atoms with Crippen molar-refractivity contribution in [1.29, 1.82) is 0 Å². The van der Waals surface area contributed by atoms with Crippen LogP contribution in [0.1, 0.15) is 25.0 Å². The largest absolute Gasteiger partial charge is 0.387 e. The van der Waals surface area contributed by atoms with E-state index in [0.29, 0.717) is 26.1 Å². The lowest BCUT2D eigenvalue weighted by Crippen LogP contribution is -2.29. The van der Waals surface area contributed by atoms with E-state index in [-0.39, 0.29) is 5.91 Å². The Balaban J connectivity index is 2.09. The van der Waals surface area contributed by atoms with Crippen LogP contribution >= 0.6 is 11.3 Å². The van der Waals surface area contributed by atoms with Crippen LogP contribution in [0.4, 0.5) is 0 Å². The number of hydrogen-bond acceptors (Lipinski definition) is 4. The molecule has 1 amide bonds. The van der Waals surface area contributed by atoms with E-state index in [1.807, 2.05) is 23.8 Å². The summed E-state index contributed by atoms with van der Waals surface area (Å²) in [6, 6.07) is 1.90. The molecule has 1 rings (SSSR count). The molecule has 0 fully saturated rings. The molecule has 90 valence electrons. The van der Waals surface area contributed by atoms with Crippen molar-refractivity contribution in [3.63, 3.8) is 0 Å². The van der Waals surface area contributed by atoms with Crippen LogP contribution in [0.3, 0.4) is 0 Å². The molecule has 16 heavy (non-hydrogen) atoms. The van der Waals surface area contributed by atoms with Gasteiger partial charge in [-0.25, -0.2) is 0 Å². The van der Waals surface area contributed by atoms with Gasteiger partial charge < -0.3 is 15.7 Å². The number of carbonyl (C=O) groups excluding carboxylic acids is 1. The van der Waals surface area contributed by atoms with Crippen molar-refractivity contribution in [1.82, 2.24) is 10.6 Å². The Bertz CT molecular complexity index is 301. The second kappa shape index (κ2) is 7.38. The summed E-state index contributed by atoms with van der Waals surface area (Å²) in [7, 11) is 0. The van der Waals surface area contributed by atoms with Crippen molar-refractivity contribution in [3.8, 4) is 0 Å². The fraction of sp³-hybridized carbons (Fsp3) is 0.545. The van der Waals surface area contributed by atoms with Crippen LogP contribution in [0.25, 0.3) is 0 Å². The first-order valence-electron chi connectivity index (χ1n) is 5.41. The van der Waals surface area contributed by atoms with Crippen molar-refractivity contribution >= 4 is 17.2 Å². The minimum atomic E-state index is -0.486. The van der Waals surface area contributed by atoms with Crippen LogP contribution in [0.5, 0.6) is 0 Å². The van der Waals surface area contributed by atoms with Gasteiger partial charge in [-0.05, 0) is 29.3 Å². The maximum atomic E-state index is 11.1. The highest BCUT2D eigenvalue weighted by atomic mass is 32.1. The topological polar surface area (TPSA) is 61.4 Å². The van der Waals surface area contributed by atoms with Gasteiger partial charge in [0.15, 0.2) is 0 Å². The molecule has 0 saturated heterocycles. The predicted octanol–water partition coefficient (Wildman–Crippen LogP) is 0.897. The van der Waals surface area contributed by atoms with Gasteiger partial charge in [0.25, 0.3) is 0 Å². The van der Waals surface area contributed by atoms with Crippen LogP contribution in [0.15, 0.2) is 16.8 Å². The molecule has 4 nitrogen and oxygen atoms in total. The van der Waals surface area contributed by atoms with Gasteiger partial charge in [0.05, 0.1) is 6.10 Å². The molecule has 0 saturated carbocycles. The minimum Gasteiger partial charge on any atom is -0.387 e. The molecule has 5 heteroatoms. The third kappa shape index (κ3) is 4.74. The Morgan fingerprint density at radius 1 is 1.62 bits per heavy atom. The Hall–Kier alpha value is -0.910. The van der Waals surface area contributed by atoms with E-state index in [9.17, 15) is 9.90 Å². The zero-order valence-electron chi connectivity index (χ0n) is 9.40. The second-order valence-electron chi connectivity index (χ2n) is 3.48. The van der Waals surface area contributed by atoms with Crippen LogP contribution in [0.2, 0.25) is 0 Å². The highest BCUT2D eigenvalue weighted by Crippen LogP contribution is 2.14. The molecule has 1 aromatic heterocycles. The maximum absolute atomic E-state index is 11.1. The Kier molecular flexibility index (Phi) is 6.07. The molecule has 1 heterocycles. The number of aliphatic hydroxyl groups is 1. The summed E-state index contributed by atoms with van der Waals surface area (Å²) in [5.74, 6) is 0.0417. The summed E-state index contributed by atoms with van der Waals surface area (Å²) in [6.45, 7) is 3.63. The number of carbonyl (C=O) groups is 1. The quantitative estimate of drug-likeness (QED) is 0.623. The number of rotatable bonds is 7. The molecule has 3 N–H and O–H groups in total. The van der Waals surface area contributed by atoms with E-state index in [0.717, 1.165) is 5.56 Å². The van der Waals surface area contributed by atoms with Gasteiger partial charge in [0.2, 0.25) is 5.91 Å². The van der Waals surface area contributed by atoms with Crippen LogP contribution < -0.4 is 10.6 Å². The molecule has 0 aromatic carbocycles. The summed E-state index contributed by atoms with van der Waals surface area (Å²) >= 11 is 1.57. The zero-order valence-corrected chi connectivity index (χ0v) is 10.2. The van der Waals surface area contributed by atoms with Gasteiger partial charge >= 0.3 is 0 Å². The lowest BCUT2D eigenvalue weighted by molar-refractivity contribution is -0.120. The van der Waals surface area contributed by atoms with E-state index in [1.165, 1.54) is 0 Å². The van der Waals surface area contributed by atoms with Gasteiger partial charge in [-0.15, -0.1) is 0 Å². The SMILES string of the molecule is CCNC(=O)CCNCC(O)c1ccsc1. The zero-order chi connectivity index (χ0) is 11.8. The van der Waals surface area contributed by atoms with Crippen molar-refractivity contribution in [2.45, 2.75) is 19.4 Å². The fourth-order valence-corrected chi connectivity index (χ4v) is 2.02. The van der Waals surface area contributed by atoms with Crippen molar-refractivity contribution in [2.24, 2.45) is 0 Å². The third-order valence-electron chi connectivity index (χ3n) is 2.17. The molecule has 1 atom stereocenters. The highest BCUT2D eigenvalue weighted by molar-refractivity contribution is 7.07. The van der Waals surface area contributed by atoms with Crippen molar-refractivity contribution in [3.05, 3.63) is 22.4 Å². The number of nitrogens with one attached hydrogen (secondary N) is 2. The normalized spacial score (nSPS) is 12.4. The van der Waals surface area contributed by atoms with Crippen molar-refractivity contribution in [2.75, 3.05) is 19.6 Å². The average molecular weight is 242 g/mol. The van der Waals surface area contributed by atoms with E-state index >= 15 is 0 Å². The molecular weight excluding hydrogens is 224 g/mol. The number of aliphatic hydroxyl groups excluding tert-OH is 1. The van der Waals surface area contributed by atoms with Crippen LogP contribution in [-0.4, -0.2) is 30.6 Å². The molecule has 1 aromatic rings. The van der Waals surface area contributed by atoms with Gasteiger partial charge in [0.1, 0.15) is 0 Å². The highest BCUT2D eigenvalue weighted by Gasteiger charge is 2.07. The Labute approximate surface area is 99.7 Å². The molecule has 0 radical (unpaired) electrons. The van der Waals surface area contributed by atoms with Gasteiger partial charge in [-0.3, -0.25) is 4.79 Å². The predicted molar refractivity (Wildman–Crippen MR) is 65.4 cm³/mol. The summed E-state index contributed by atoms with van der Waals surface area (Å²) in [6.07, 6.45) is -0.0371. The van der Waals surface area contributed by atoms with Crippen LogP contribution in [0, 0.1) is 0 Å². The molecule has 0 bridgehead atoms. The molecular formula is C11H18N2O2S. The first kappa shape index (κ1) is 13.2. The molecule has 0 aliphatic rings. The van der Waals surface area contributed by atoms with E-state index in [1.54, 1.807) is 11.3 Å². The average Bonchev–Trinajstić information content (AvgIpc) is 2.78. The van der Waals surface area contributed by atoms with E-state index in [4.69, 9.17) is 0 Å². The summed E-state index contributed by atoms with van der Waals surface area (Å²) in [5.41, 5.74) is 0.926. The monoisotopic (exact) mass is 242 g/mol. The standard InChI is InChI=1S/C11H18N2O2S/c1-2-13-11(15)3-5-12-7-10(14)9-4-6-16-8-9/h4,6,8,10,12,14H,2-3,5,7H2,1H3,(H,13,15). The molecule has 0 spiro atoms. The summed E-state index contributed by atoms with van der Waals surface area (Å²) in [4.78, 5) is 11.1. The Morgan fingerprint density at radius 2 is 2.44 bits per heavy atom. The fourth-order valence-electron chi connectivity index (χ4n) is 1.31. The molecule has 0 aliphatic carbocycles. The molecule has 1 unspecified atom stereocenters. The van der Waals surface area contributed by atoms with Gasteiger partial charge in [-0.2, -0.15) is 11.3 Å². The second-order valence-corrected chi connectivity index (χ2v) is 4.26. The summed E-state index contributed by atoms with van der Waals surface area (Å²) < 4.78 is 0. The smallest absolute Gasteiger partial charge is 0.221 e. The third-order valence-corrected chi connectivity index (χ3v) is 2.87. The number of hydrogen-bond donors (Lipinski definition) is 3.